The number of rotatable bonds is 4. The van der Waals surface area contributed by atoms with E-state index in [2.05, 4.69) is 10.3 Å². The lowest BCUT2D eigenvalue weighted by Gasteiger charge is -2.16. The van der Waals surface area contributed by atoms with Crippen LogP contribution in [0.5, 0.6) is 0 Å². The minimum atomic E-state index is -5.08. The second-order valence-electron chi connectivity index (χ2n) is 7.47. The van der Waals surface area contributed by atoms with E-state index in [1.165, 1.54) is 0 Å². The molecule has 2 aromatic heterocycles. The van der Waals surface area contributed by atoms with Crippen molar-refractivity contribution in [3.05, 3.63) is 46.9 Å². The summed E-state index contributed by atoms with van der Waals surface area (Å²) < 4.78 is 31.7. The molecule has 4 rings (SSSR count). The Balaban J connectivity index is 0.000000339. The Morgan fingerprint density at radius 1 is 1.29 bits per heavy atom. The monoisotopic (exact) mass is 455 g/mol. The van der Waals surface area contributed by atoms with Crippen LogP contribution in [-0.4, -0.2) is 52.0 Å². The average Bonchev–Trinajstić information content (AvgIpc) is 3.03. The molecular formula is C20H20F3N3O4S. The number of thiophene rings is 1. The summed E-state index contributed by atoms with van der Waals surface area (Å²) in [7, 11) is 0. The molecule has 0 radical (unpaired) electrons. The van der Waals surface area contributed by atoms with E-state index in [1.807, 2.05) is 28.5 Å². The number of pyridine rings is 1. The first-order valence-electron chi connectivity index (χ1n) is 9.42. The highest BCUT2D eigenvalue weighted by Crippen LogP contribution is 2.58. The molecular weight excluding hydrogens is 435 g/mol. The molecule has 2 amide bonds. The first kappa shape index (κ1) is 22.7. The lowest BCUT2D eigenvalue weighted by atomic mass is 10.0. The van der Waals surface area contributed by atoms with Crippen LogP contribution in [0.3, 0.4) is 0 Å². The number of carboxylic acid groups (broad SMARTS) is 1. The maximum absolute atomic E-state index is 12.4. The highest BCUT2D eigenvalue weighted by atomic mass is 32.1. The molecule has 2 atom stereocenters. The number of carboxylic acids is 1. The summed E-state index contributed by atoms with van der Waals surface area (Å²) in [5.74, 6) is -2.52. The van der Waals surface area contributed by atoms with Crippen molar-refractivity contribution in [2.24, 2.45) is 11.3 Å². The maximum atomic E-state index is 12.4. The van der Waals surface area contributed by atoms with Gasteiger partial charge in [-0.25, -0.2) is 4.79 Å². The van der Waals surface area contributed by atoms with Crippen molar-refractivity contribution in [1.82, 2.24) is 9.88 Å². The van der Waals surface area contributed by atoms with Crippen molar-refractivity contribution < 1.29 is 32.7 Å². The number of carbonyl (C=O) groups excluding carboxylic acids is 2. The van der Waals surface area contributed by atoms with Gasteiger partial charge in [0.05, 0.1) is 18.3 Å². The van der Waals surface area contributed by atoms with E-state index < -0.39 is 12.1 Å². The van der Waals surface area contributed by atoms with Crippen molar-refractivity contribution in [2.75, 3.05) is 18.4 Å². The third kappa shape index (κ3) is 5.81. The van der Waals surface area contributed by atoms with E-state index in [0.717, 1.165) is 30.0 Å². The molecule has 2 fully saturated rings. The number of nitrogens with one attached hydrogen (secondary N) is 1. The number of hydrogen-bond acceptors (Lipinski definition) is 5. The zero-order valence-electron chi connectivity index (χ0n) is 16.3. The molecule has 2 aromatic rings. The van der Waals surface area contributed by atoms with Crippen LogP contribution in [0.15, 0.2) is 42.0 Å². The lowest BCUT2D eigenvalue weighted by molar-refractivity contribution is -0.192. The number of nitrogens with zero attached hydrogens (tertiary/aromatic N) is 2. The predicted molar refractivity (Wildman–Crippen MR) is 106 cm³/mol. The summed E-state index contributed by atoms with van der Waals surface area (Å²) in [5.41, 5.74) is 0.727. The molecule has 11 heteroatoms. The SMILES string of the molecule is O=C(Nc1cccnc1)C1CC12CCN(C(=O)Cc1cccs1)C2.O=C(O)C(F)(F)F. The Hall–Kier alpha value is -2.95. The van der Waals surface area contributed by atoms with Gasteiger partial charge in [0, 0.05) is 35.5 Å². The van der Waals surface area contributed by atoms with Gasteiger partial charge >= 0.3 is 12.1 Å². The molecule has 166 valence electrons. The van der Waals surface area contributed by atoms with Crippen molar-refractivity contribution in [3.63, 3.8) is 0 Å². The standard InChI is InChI=1S/C18H19N3O2S.C2HF3O2/c22-16(9-14-4-2-8-24-14)21-7-5-18(12-21)10-15(18)17(23)20-13-3-1-6-19-11-13;3-2(4,5)1(6)7/h1-4,6,8,11,15H,5,7,9-10,12H2,(H,20,23);(H,6,7). The number of aliphatic carboxylic acids is 1. The van der Waals surface area contributed by atoms with Crippen LogP contribution in [-0.2, 0) is 20.8 Å². The molecule has 0 aromatic carbocycles. The summed E-state index contributed by atoms with van der Waals surface area (Å²) >= 11 is 1.61. The predicted octanol–water partition coefficient (Wildman–Crippen LogP) is 3.20. The second kappa shape index (κ2) is 9.04. The third-order valence-electron chi connectivity index (χ3n) is 5.32. The number of carbonyl (C=O) groups is 3. The highest BCUT2D eigenvalue weighted by Gasteiger charge is 2.61. The summed E-state index contributed by atoms with van der Waals surface area (Å²) in [5, 5.41) is 12.1. The minimum Gasteiger partial charge on any atom is -0.475 e. The third-order valence-corrected chi connectivity index (χ3v) is 6.20. The van der Waals surface area contributed by atoms with Gasteiger partial charge in [-0.2, -0.15) is 13.2 Å². The van der Waals surface area contributed by atoms with Crippen LogP contribution in [0.25, 0.3) is 0 Å². The number of aromatic nitrogens is 1. The maximum Gasteiger partial charge on any atom is 0.490 e. The Kier molecular flexibility index (Phi) is 6.63. The molecule has 7 nitrogen and oxygen atoms in total. The Morgan fingerprint density at radius 2 is 2.03 bits per heavy atom. The van der Waals surface area contributed by atoms with E-state index >= 15 is 0 Å². The van der Waals surface area contributed by atoms with Gasteiger partial charge in [-0.15, -0.1) is 11.3 Å². The molecule has 1 aliphatic carbocycles. The number of halogens is 3. The summed E-state index contributed by atoms with van der Waals surface area (Å²) in [6.45, 7) is 1.48. The topological polar surface area (TPSA) is 99.6 Å². The Morgan fingerprint density at radius 3 is 2.61 bits per heavy atom. The number of anilines is 1. The molecule has 0 bridgehead atoms. The smallest absolute Gasteiger partial charge is 0.475 e. The van der Waals surface area contributed by atoms with Crippen LogP contribution < -0.4 is 5.32 Å². The summed E-state index contributed by atoms with van der Waals surface area (Å²) in [6, 6.07) is 7.61. The molecule has 31 heavy (non-hydrogen) atoms. The van der Waals surface area contributed by atoms with Crippen LogP contribution in [0.1, 0.15) is 17.7 Å². The fourth-order valence-corrected chi connectivity index (χ4v) is 4.31. The zero-order valence-corrected chi connectivity index (χ0v) is 17.1. The summed E-state index contributed by atoms with van der Waals surface area (Å²) in [6.07, 6.45) is 0.525. The van der Waals surface area contributed by atoms with E-state index in [-0.39, 0.29) is 23.1 Å². The van der Waals surface area contributed by atoms with Crippen molar-refractivity contribution in [3.8, 4) is 0 Å². The van der Waals surface area contributed by atoms with E-state index in [4.69, 9.17) is 9.90 Å². The summed E-state index contributed by atoms with van der Waals surface area (Å²) in [4.78, 5) is 40.8. The van der Waals surface area contributed by atoms with Gasteiger partial charge in [0.25, 0.3) is 0 Å². The van der Waals surface area contributed by atoms with Gasteiger partial charge in [-0.05, 0) is 36.4 Å². The molecule has 1 saturated carbocycles. The van der Waals surface area contributed by atoms with Gasteiger partial charge in [0.2, 0.25) is 11.8 Å². The van der Waals surface area contributed by atoms with Crippen LogP contribution >= 0.6 is 11.3 Å². The van der Waals surface area contributed by atoms with E-state index in [1.54, 1.807) is 29.8 Å². The molecule has 1 saturated heterocycles. The Labute approximate surface area is 179 Å². The van der Waals surface area contributed by atoms with Gasteiger partial charge in [-0.1, -0.05) is 6.07 Å². The lowest BCUT2D eigenvalue weighted by Crippen LogP contribution is -2.31. The second-order valence-corrected chi connectivity index (χ2v) is 8.51. The normalized spacial score (nSPS) is 21.9. The fraction of sp³-hybridized carbons (Fsp3) is 0.400. The largest absolute Gasteiger partial charge is 0.490 e. The van der Waals surface area contributed by atoms with E-state index in [0.29, 0.717) is 13.0 Å². The van der Waals surface area contributed by atoms with E-state index in [9.17, 15) is 22.8 Å². The molecule has 2 unspecified atom stereocenters. The minimum absolute atomic E-state index is 0.00258. The van der Waals surface area contributed by atoms with Crippen LogP contribution in [0.2, 0.25) is 0 Å². The molecule has 1 aliphatic heterocycles. The van der Waals surface area contributed by atoms with Gasteiger partial charge in [0.1, 0.15) is 0 Å². The molecule has 3 heterocycles. The van der Waals surface area contributed by atoms with Crippen molar-refractivity contribution in [1.29, 1.82) is 0 Å². The molecule has 2 aliphatic rings. The van der Waals surface area contributed by atoms with Crippen LogP contribution in [0, 0.1) is 11.3 Å². The van der Waals surface area contributed by atoms with Crippen LogP contribution in [0.4, 0.5) is 18.9 Å². The zero-order chi connectivity index (χ0) is 22.6. The Bertz CT molecular complexity index is 937. The van der Waals surface area contributed by atoms with Crippen molar-refractivity contribution in [2.45, 2.75) is 25.4 Å². The first-order valence-corrected chi connectivity index (χ1v) is 10.3. The number of alkyl halides is 3. The van der Waals surface area contributed by atoms with Gasteiger partial charge in [0.15, 0.2) is 0 Å². The number of hydrogen-bond donors (Lipinski definition) is 2. The number of amides is 2. The van der Waals surface area contributed by atoms with Gasteiger partial charge < -0.3 is 15.3 Å². The average molecular weight is 455 g/mol. The van der Waals surface area contributed by atoms with Crippen molar-refractivity contribution >= 4 is 34.8 Å². The first-order chi connectivity index (χ1) is 14.6. The fourth-order valence-electron chi connectivity index (χ4n) is 3.62. The highest BCUT2D eigenvalue weighted by molar-refractivity contribution is 7.10. The van der Waals surface area contributed by atoms with Gasteiger partial charge in [-0.3, -0.25) is 14.6 Å². The number of likely N-dealkylation sites (tertiary alicyclic amines) is 1. The molecule has 2 N–H and O–H groups in total. The quantitative estimate of drug-likeness (QED) is 0.738. The molecule has 1 spiro atoms.